The molecule has 0 aromatic heterocycles. The normalized spacial score (nSPS) is 19.4. The van der Waals surface area contributed by atoms with Crippen molar-refractivity contribution in [1.82, 2.24) is 14.7 Å². The van der Waals surface area contributed by atoms with Crippen LogP contribution in [0.15, 0.2) is 24.3 Å². The van der Waals surface area contributed by atoms with E-state index in [2.05, 4.69) is 26.8 Å². The molecule has 0 aliphatic carbocycles. The van der Waals surface area contributed by atoms with E-state index in [1.54, 1.807) is 0 Å². The SMILES string of the molecule is O=C(O)C(=O)O.OCCN1CCN(C2CCN(Cc3cccc(Cl)c3)CC2)CC1. The number of nitrogens with zero attached hydrogens (tertiary/aromatic N) is 3. The molecule has 2 saturated heterocycles. The molecular weight excluding hydrogens is 398 g/mol. The quantitative estimate of drug-likeness (QED) is 0.599. The highest BCUT2D eigenvalue weighted by molar-refractivity contribution is 6.30. The van der Waals surface area contributed by atoms with Gasteiger partial charge in [0.25, 0.3) is 0 Å². The minimum atomic E-state index is -1.82. The summed E-state index contributed by atoms with van der Waals surface area (Å²) in [6.07, 6.45) is 2.53. The first-order valence-corrected chi connectivity index (χ1v) is 10.3. The number of hydrogen-bond acceptors (Lipinski definition) is 6. The van der Waals surface area contributed by atoms with Gasteiger partial charge in [0.15, 0.2) is 0 Å². The van der Waals surface area contributed by atoms with Crippen LogP contribution >= 0.6 is 11.6 Å². The highest BCUT2D eigenvalue weighted by Gasteiger charge is 2.27. The van der Waals surface area contributed by atoms with Gasteiger partial charge in [-0.3, -0.25) is 14.7 Å². The molecule has 0 atom stereocenters. The maximum Gasteiger partial charge on any atom is 0.414 e. The fourth-order valence-corrected chi connectivity index (χ4v) is 4.04. The first kappa shape index (κ1) is 23.6. The van der Waals surface area contributed by atoms with E-state index in [1.807, 2.05) is 12.1 Å². The Morgan fingerprint density at radius 2 is 1.59 bits per heavy atom. The number of carboxylic acids is 2. The summed E-state index contributed by atoms with van der Waals surface area (Å²) in [5, 5.41) is 24.6. The number of halogens is 1. The Hall–Kier alpha value is -1.71. The molecular formula is C20H30ClN3O5. The Bertz CT molecular complexity index is 647. The molecule has 2 fully saturated rings. The molecule has 2 heterocycles. The van der Waals surface area contributed by atoms with Crippen molar-refractivity contribution in [3.8, 4) is 0 Å². The minimum absolute atomic E-state index is 0.280. The molecule has 2 aliphatic rings. The van der Waals surface area contributed by atoms with Gasteiger partial charge in [0.05, 0.1) is 6.61 Å². The standard InChI is InChI=1S/C18H28ClN3O.C2H2O4/c19-17-3-1-2-16(14-17)15-21-6-4-18(5-7-21)22-10-8-20(9-11-22)12-13-23;3-1(4)2(5)6/h1-3,14,18,23H,4-13,15H2;(H,3,4)(H,5,6). The van der Waals surface area contributed by atoms with Crippen LogP contribution in [0.25, 0.3) is 0 Å². The van der Waals surface area contributed by atoms with Gasteiger partial charge in [-0.15, -0.1) is 0 Å². The van der Waals surface area contributed by atoms with Crippen molar-refractivity contribution >= 4 is 23.5 Å². The lowest BCUT2D eigenvalue weighted by atomic mass is 10.0. The third-order valence-electron chi connectivity index (χ3n) is 5.37. The van der Waals surface area contributed by atoms with E-state index in [0.717, 1.165) is 50.3 Å². The molecule has 0 saturated carbocycles. The second-order valence-corrected chi connectivity index (χ2v) is 7.79. The van der Waals surface area contributed by atoms with Gasteiger partial charge >= 0.3 is 11.9 Å². The summed E-state index contributed by atoms with van der Waals surface area (Å²) in [7, 11) is 0. The van der Waals surface area contributed by atoms with E-state index < -0.39 is 11.9 Å². The molecule has 3 rings (SSSR count). The predicted octanol–water partition coefficient (Wildman–Crippen LogP) is 1.07. The van der Waals surface area contributed by atoms with Gasteiger partial charge in [-0.25, -0.2) is 9.59 Å². The van der Waals surface area contributed by atoms with Gasteiger partial charge in [0, 0.05) is 50.3 Å². The summed E-state index contributed by atoms with van der Waals surface area (Å²) in [5.74, 6) is -3.65. The number of benzene rings is 1. The lowest BCUT2D eigenvalue weighted by Crippen LogP contribution is -2.53. The fraction of sp³-hybridized carbons (Fsp3) is 0.600. The van der Waals surface area contributed by atoms with Crippen LogP contribution in [0.1, 0.15) is 18.4 Å². The van der Waals surface area contributed by atoms with E-state index in [1.165, 1.54) is 31.5 Å². The van der Waals surface area contributed by atoms with E-state index in [4.69, 9.17) is 36.5 Å². The maximum absolute atomic E-state index is 9.10. The van der Waals surface area contributed by atoms with Gasteiger partial charge in [0.1, 0.15) is 0 Å². The third-order valence-corrected chi connectivity index (χ3v) is 5.61. The average molecular weight is 428 g/mol. The number of piperazine rings is 1. The van der Waals surface area contributed by atoms with Crippen LogP contribution in [-0.2, 0) is 16.1 Å². The molecule has 29 heavy (non-hydrogen) atoms. The van der Waals surface area contributed by atoms with Crippen LogP contribution in [-0.4, -0.2) is 100 Å². The fourth-order valence-electron chi connectivity index (χ4n) is 3.83. The highest BCUT2D eigenvalue weighted by Crippen LogP contribution is 2.20. The Balaban J connectivity index is 0.000000438. The summed E-state index contributed by atoms with van der Waals surface area (Å²) in [6, 6.07) is 8.96. The number of β-amino-alcohol motifs (C(OH)–C–C–N with tert-alkyl or cyclic N) is 1. The lowest BCUT2D eigenvalue weighted by Gasteiger charge is -2.42. The van der Waals surface area contributed by atoms with Gasteiger partial charge < -0.3 is 15.3 Å². The molecule has 2 aliphatic heterocycles. The summed E-state index contributed by atoms with van der Waals surface area (Å²) in [4.78, 5) is 25.8. The number of piperidine rings is 1. The van der Waals surface area contributed by atoms with Gasteiger partial charge in [0.2, 0.25) is 0 Å². The first-order valence-electron chi connectivity index (χ1n) is 9.89. The zero-order chi connectivity index (χ0) is 21.2. The Kier molecular flexibility index (Phi) is 9.83. The summed E-state index contributed by atoms with van der Waals surface area (Å²) in [5.41, 5.74) is 1.31. The number of carbonyl (C=O) groups is 2. The van der Waals surface area contributed by atoms with Crippen LogP contribution in [0.4, 0.5) is 0 Å². The van der Waals surface area contributed by atoms with E-state index in [-0.39, 0.29) is 6.61 Å². The van der Waals surface area contributed by atoms with E-state index >= 15 is 0 Å². The molecule has 0 unspecified atom stereocenters. The van der Waals surface area contributed by atoms with Crippen LogP contribution in [0.3, 0.4) is 0 Å². The number of aliphatic carboxylic acids is 2. The summed E-state index contributed by atoms with van der Waals surface area (Å²) < 4.78 is 0. The molecule has 0 amide bonds. The molecule has 1 aromatic carbocycles. The number of likely N-dealkylation sites (tertiary alicyclic amines) is 1. The van der Waals surface area contributed by atoms with Crippen molar-refractivity contribution < 1.29 is 24.9 Å². The topological polar surface area (TPSA) is 105 Å². The first-order chi connectivity index (χ1) is 13.9. The monoisotopic (exact) mass is 427 g/mol. The van der Waals surface area contributed by atoms with Crippen molar-refractivity contribution in [2.75, 3.05) is 52.4 Å². The zero-order valence-corrected chi connectivity index (χ0v) is 17.3. The number of hydrogen-bond donors (Lipinski definition) is 3. The van der Waals surface area contributed by atoms with Crippen molar-refractivity contribution in [2.45, 2.75) is 25.4 Å². The maximum atomic E-state index is 9.10. The second-order valence-electron chi connectivity index (χ2n) is 7.35. The van der Waals surface area contributed by atoms with Gasteiger partial charge in [-0.2, -0.15) is 0 Å². The van der Waals surface area contributed by atoms with Crippen molar-refractivity contribution in [3.63, 3.8) is 0 Å². The number of carboxylic acid groups (broad SMARTS) is 2. The Morgan fingerprint density at radius 1 is 0.966 bits per heavy atom. The summed E-state index contributed by atoms with van der Waals surface area (Å²) >= 11 is 6.08. The highest BCUT2D eigenvalue weighted by atomic mass is 35.5. The number of rotatable bonds is 5. The zero-order valence-electron chi connectivity index (χ0n) is 16.5. The second kappa shape index (κ2) is 12.1. The van der Waals surface area contributed by atoms with Crippen LogP contribution in [0.5, 0.6) is 0 Å². The Labute approximate surface area is 176 Å². The molecule has 0 spiro atoms. The lowest BCUT2D eigenvalue weighted by molar-refractivity contribution is -0.159. The molecule has 0 radical (unpaired) electrons. The smallest absolute Gasteiger partial charge is 0.414 e. The number of aliphatic hydroxyl groups excluding tert-OH is 1. The largest absolute Gasteiger partial charge is 0.473 e. The minimum Gasteiger partial charge on any atom is -0.473 e. The summed E-state index contributed by atoms with van der Waals surface area (Å²) in [6.45, 7) is 8.97. The molecule has 8 nitrogen and oxygen atoms in total. The third kappa shape index (κ3) is 8.28. The van der Waals surface area contributed by atoms with Crippen molar-refractivity contribution in [2.24, 2.45) is 0 Å². The van der Waals surface area contributed by atoms with Crippen molar-refractivity contribution in [3.05, 3.63) is 34.9 Å². The van der Waals surface area contributed by atoms with E-state index in [0.29, 0.717) is 0 Å². The average Bonchev–Trinajstić information content (AvgIpc) is 2.70. The predicted molar refractivity (Wildman–Crippen MR) is 110 cm³/mol. The van der Waals surface area contributed by atoms with Gasteiger partial charge in [-0.05, 0) is 43.6 Å². The molecule has 3 N–H and O–H groups in total. The molecule has 9 heteroatoms. The molecule has 0 bridgehead atoms. The van der Waals surface area contributed by atoms with Crippen molar-refractivity contribution in [1.29, 1.82) is 0 Å². The van der Waals surface area contributed by atoms with Crippen LogP contribution in [0.2, 0.25) is 5.02 Å². The van der Waals surface area contributed by atoms with Crippen LogP contribution < -0.4 is 0 Å². The number of aliphatic hydroxyl groups is 1. The van der Waals surface area contributed by atoms with E-state index in [9.17, 15) is 0 Å². The van der Waals surface area contributed by atoms with Gasteiger partial charge in [-0.1, -0.05) is 23.7 Å². The molecule has 162 valence electrons. The molecule has 1 aromatic rings. The van der Waals surface area contributed by atoms with Crippen LogP contribution in [0, 0.1) is 0 Å². The Morgan fingerprint density at radius 3 is 2.10 bits per heavy atom.